The molecule has 0 bridgehead atoms. The number of rotatable bonds is 17. The molecule has 0 aliphatic carbocycles. The van der Waals surface area contributed by atoms with Crippen LogP contribution in [0.5, 0.6) is 0 Å². The molecule has 26 heavy (non-hydrogen) atoms. The van der Waals surface area contributed by atoms with Gasteiger partial charge in [0.15, 0.2) is 0 Å². The lowest BCUT2D eigenvalue weighted by Gasteiger charge is -2.41. The molecule has 0 spiro atoms. The van der Waals surface area contributed by atoms with Gasteiger partial charge in [0.05, 0.1) is 26.7 Å². The Morgan fingerprint density at radius 3 is 1.31 bits per heavy atom. The molecule has 1 aliphatic heterocycles. The first kappa shape index (κ1) is 24.0. The Balaban J connectivity index is 1.75. The number of piperazine rings is 1. The van der Waals surface area contributed by atoms with Gasteiger partial charge in [-0.3, -0.25) is 4.90 Å². The van der Waals surface area contributed by atoms with E-state index in [-0.39, 0.29) is 0 Å². The molecule has 0 N–H and O–H groups in total. The van der Waals surface area contributed by atoms with E-state index in [4.69, 9.17) is 0 Å². The number of quaternary nitrogens is 1. The summed E-state index contributed by atoms with van der Waals surface area (Å²) in [7, 11) is 4.73. The Kier molecular flexibility index (Phi) is 14.7. The highest BCUT2D eigenvalue weighted by molar-refractivity contribution is 4.58. The smallest absolute Gasteiger partial charge is 0.0914 e. The molecule has 0 aromatic rings. The normalized spacial score (nSPS) is 17.7. The van der Waals surface area contributed by atoms with Gasteiger partial charge in [0, 0.05) is 13.1 Å². The zero-order chi connectivity index (χ0) is 18.9. The fourth-order valence-corrected chi connectivity index (χ4v) is 4.31. The van der Waals surface area contributed by atoms with Crippen molar-refractivity contribution in [2.24, 2.45) is 0 Å². The van der Waals surface area contributed by atoms with E-state index in [1.165, 1.54) is 140 Å². The third-order valence-corrected chi connectivity index (χ3v) is 6.59. The summed E-state index contributed by atoms with van der Waals surface area (Å²) in [6.45, 7) is 9.00. The van der Waals surface area contributed by atoms with Gasteiger partial charge in [0.1, 0.15) is 0 Å². The predicted molar refractivity (Wildman–Crippen MR) is 118 cm³/mol. The molecule has 0 atom stereocenters. The topological polar surface area (TPSA) is 3.24 Å². The summed E-state index contributed by atoms with van der Waals surface area (Å²) in [5.41, 5.74) is 0. The van der Waals surface area contributed by atoms with Crippen molar-refractivity contribution in [2.45, 2.75) is 110 Å². The van der Waals surface area contributed by atoms with E-state index < -0.39 is 0 Å². The second-order valence-electron chi connectivity index (χ2n) is 9.40. The molecule has 2 heteroatoms. The van der Waals surface area contributed by atoms with Gasteiger partial charge in [0.25, 0.3) is 0 Å². The van der Waals surface area contributed by atoms with Crippen molar-refractivity contribution in [1.29, 1.82) is 0 Å². The average molecular weight is 368 g/mol. The molecular weight excluding hydrogens is 316 g/mol. The third-order valence-electron chi connectivity index (χ3n) is 6.59. The minimum Gasteiger partial charge on any atom is -0.324 e. The maximum atomic E-state index is 2.48. The maximum absolute atomic E-state index is 2.48. The minimum absolute atomic E-state index is 1.29. The van der Waals surface area contributed by atoms with Gasteiger partial charge < -0.3 is 4.48 Å². The van der Waals surface area contributed by atoms with Crippen LogP contribution in [-0.4, -0.2) is 56.2 Å². The number of unbranched alkanes of at least 4 members (excludes halogenated alkanes) is 15. The van der Waals surface area contributed by atoms with Crippen molar-refractivity contribution >= 4 is 0 Å². The van der Waals surface area contributed by atoms with Crippen molar-refractivity contribution < 1.29 is 4.48 Å². The first-order chi connectivity index (χ1) is 12.7. The van der Waals surface area contributed by atoms with Crippen molar-refractivity contribution in [2.75, 3.05) is 46.8 Å². The van der Waals surface area contributed by atoms with E-state index in [0.717, 1.165) is 0 Å². The standard InChI is InChI=1S/C24H51N2/c1-4-5-6-7-8-9-10-11-12-13-14-15-16-17-18-19-22-26(3)23-20-25(2)21-24-26/h4-24H2,1-3H3/q+1. The molecule has 0 saturated carbocycles. The Hall–Kier alpha value is -0.0800. The minimum atomic E-state index is 1.29. The van der Waals surface area contributed by atoms with Gasteiger partial charge in [-0.2, -0.15) is 0 Å². The van der Waals surface area contributed by atoms with Crippen LogP contribution in [0, 0.1) is 0 Å². The molecule has 0 amide bonds. The van der Waals surface area contributed by atoms with Crippen LogP contribution in [0.4, 0.5) is 0 Å². The molecule has 1 aliphatic rings. The number of hydrogen-bond acceptors (Lipinski definition) is 1. The lowest BCUT2D eigenvalue weighted by molar-refractivity contribution is -0.913. The van der Waals surface area contributed by atoms with E-state index in [1.807, 2.05) is 0 Å². The van der Waals surface area contributed by atoms with Gasteiger partial charge in [-0.1, -0.05) is 96.8 Å². The second kappa shape index (κ2) is 15.9. The molecule has 1 rings (SSSR count). The predicted octanol–water partition coefficient (Wildman–Crippen LogP) is 6.64. The molecular formula is C24H51N2+. The molecule has 2 nitrogen and oxygen atoms in total. The fraction of sp³-hybridized carbons (Fsp3) is 1.00. The van der Waals surface area contributed by atoms with Gasteiger partial charge in [-0.05, 0) is 19.9 Å². The van der Waals surface area contributed by atoms with Crippen LogP contribution < -0.4 is 0 Å². The monoisotopic (exact) mass is 367 g/mol. The second-order valence-corrected chi connectivity index (χ2v) is 9.40. The van der Waals surface area contributed by atoms with Crippen LogP contribution in [0.15, 0.2) is 0 Å². The van der Waals surface area contributed by atoms with Gasteiger partial charge in [-0.25, -0.2) is 0 Å². The highest BCUT2D eigenvalue weighted by Crippen LogP contribution is 2.15. The lowest BCUT2D eigenvalue weighted by Crippen LogP contribution is -2.56. The zero-order valence-corrected chi connectivity index (χ0v) is 18.7. The summed E-state index contributed by atoms with van der Waals surface area (Å²) in [6, 6.07) is 0. The SMILES string of the molecule is CCCCCCCCCCCCCCCCCC[N+]1(C)CCN(C)CC1. The molecule has 0 unspecified atom stereocenters. The third kappa shape index (κ3) is 13.1. The molecule has 0 radical (unpaired) electrons. The van der Waals surface area contributed by atoms with Crippen molar-refractivity contribution in [3.63, 3.8) is 0 Å². The Morgan fingerprint density at radius 2 is 0.923 bits per heavy atom. The number of hydrogen-bond donors (Lipinski definition) is 0. The number of likely N-dealkylation sites (N-methyl/N-ethyl adjacent to an activating group) is 2. The van der Waals surface area contributed by atoms with E-state index in [1.54, 1.807) is 0 Å². The molecule has 1 heterocycles. The van der Waals surface area contributed by atoms with E-state index in [2.05, 4.69) is 25.9 Å². The summed E-state index contributed by atoms with van der Waals surface area (Å²) in [5, 5.41) is 0. The van der Waals surface area contributed by atoms with Crippen LogP contribution in [0.3, 0.4) is 0 Å². The van der Waals surface area contributed by atoms with Gasteiger partial charge in [0.2, 0.25) is 0 Å². The van der Waals surface area contributed by atoms with Gasteiger partial charge in [-0.15, -0.1) is 0 Å². The van der Waals surface area contributed by atoms with Crippen LogP contribution in [0.1, 0.15) is 110 Å². The van der Waals surface area contributed by atoms with Crippen molar-refractivity contribution in [1.82, 2.24) is 4.90 Å². The summed E-state index contributed by atoms with van der Waals surface area (Å²) in [4.78, 5) is 2.48. The summed E-state index contributed by atoms with van der Waals surface area (Å²) < 4.78 is 1.32. The molecule has 156 valence electrons. The van der Waals surface area contributed by atoms with Crippen molar-refractivity contribution in [3.05, 3.63) is 0 Å². The molecule has 0 aromatic carbocycles. The van der Waals surface area contributed by atoms with Crippen molar-refractivity contribution in [3.8, 4) is 0 Å². The van der Waals surface area contributed by atoms with Crippen LogP contribution in [0.25, 0.3) is 0 Å². The zero-order valence-electron chi connectivity index (χ0n) is 18.7. The highest BCUT2D eigenvalue weighted by atomic mass is 15.4. The van der Waals surface area contributed by atoms with Crippen LogP contribution >= 0.6 is 0 Å². The van der Waals surface area contributed by atoms with E-state index >= 15 is 0 Å². The summed E-state index contributed by atoms with van der Waals surface area (Å²) >= 11 is 0. The largest absolute Gasteiger partial charge is 0.324 e. The quantitative estimate of drug-likeness (QED) is 0.206. The van der Waals surface area contributed by atoms with E-state index in [9.17, 15) is 0 Å². The number of nitrogens with zero attached hydrogens (tertiary/aromatic N) is 2. The first-order valence-electron chi connectivity index (χ1n) is 12.2. The fourth-order valence-electron chi connectivity index (χ4n) is 4.31. The first-order valence-corrected chi connectivity index (χ1v) is 12.2. The Bertz CT molecular complexity index is 295. The Labute approximate surface area is 166 Å². The van der Waals surface area contributed by atoms with Gasteiger partial charge >= 0.3 is 0 Å². The summed E-state index contributed by atoms with van der Waals surface area (Å²) in [5.74, 6) is 0. The molecule has 0 aromatic heterocycles. The lowest BCUT2D eigenvalue weighted by atomic mass is 10.0. The average Bonchev–Trinajstić information content (AvgIpc) is 2.64. The van der Waals surface area contributed by atoms with Crippen LogP contribution in [0.2, 0.25) is 0 Å². The maximum Gasteiger partial charge on any atom is 0.0914 e. The molecule has 1 fully saturated rings. The van der Waals surface area contributed by atoms with E-state index in [0.29, 0.717) is 0 Å². The highest BCUT2D eigenvalue weighted by Gasteiger charge is 2.26. The molecule has 1 saturated heterocycles. The summed E-state index contributed by atoms with van der Waals surface area (Å²) in [6.07, 6.45) is 23.5. The van der Waals surface area contributed by atoms with Crippen LogP contribution in [-0.2, 0) is 0 Å². The Morgan fingerprint density at radius 1 is 0.577 bits per heavy atom.